The van der Waals surface area contributed by atoms with Crippen molar-refractivity contribution >= 4 is 12.0 Å². The number of carbonyl (C=O) groups is 1. The maximum Gasteiger partial charge on any atom is 0.249 e. The van der Waals surface area contributed by atoms with Crippen LogP contribution in [-0.2, 0) is 17.9 Å². The van der Waals surface area contributed by atoms with Gasteiger partial charge in [0.1, 0.15) is 18.4 Å². The van der Waals surface area contributed by atoms with Crippen molar-refractivity contribution in [3.63, 3.8) is 0 Å². The summed E-state index contributed by atoms with van der Waals surface area (Å²) in [5, 5.41) is 4.17. The second kappa shape index (κ2) is 9.75. The molecule has 1 aromatic heterocycles. The van der Waals surface area contributed by atoms with E-state index in [1.165, 1.54) is 0 Å². The Kier molecular flexibility index (Phi) is 6.21. The summed E-state index contributed by atoms with van der Waals surface area (Å²) in [6.07, 6.45) is 2.94. The molecule has 0 spiro atoms. The molecule has 5 rings (SSSR count). The molecule has 0 bridgehead atoms. The predicted molar refractivity (Wildman–Crippen MR) is 130 cm³/mol. The third-order valence-corrected chi connectivity index (χ3v) is 5.98. The van der Waals surface area contributed by atoms with Gasteiger partial charge in [-0.3, -0.25) is 4.79 Å². The van der Waals surface area contributed by atoms with Gasteiger partial charge in [-0.15, -0.1) is 0 Å². The van der Waals surface area contributed by atoms with Crippen molar-refractivity contribution in [1.29, 1.82) is 0 Å². The highest BCUT2D eigenvalue weighted by atomic mass is 16.5. The Labute approximate surface area is 198 Å². The van der Waals surface area contributed by atoms with Gasteiger partial charge in [-0.05, 0) is 47.4 Å². The number of carbonyl (C=O) groups excluding carboxylic acids is 1. The minimum Gasteiger partial charge on any atom is -0.489 e. The van der Waals surface area contributed by atoms with Crippen LogP contribution < -0.4 is 4.74 Å². The van der Waals surface area contributed by atoms with Crippen molar-refractivity contribution < 1.29 is 14.1 Å². The van der Waals surface area contributed by atoms with Crippen LogP contribution in [-0.4, -0.2) is 20.9 Å². The van der Waals surface area contributed by atoms with Crippen molar-refractivity contribution in [2.24, 2.45) is 0 Å². The molecule has 1 aliphatic rings. The number of benzene rings is 3. The van der Waals surface area contributed by atoms with Crippen molar-refractivity contribution in [2.45, 2.75) is 32.0 Å². The summed E-state index contributed by atoms with van der Waals surface area (Å²) in [5.74, 6) is 1.83. The van der Waals surface area contributed by atoms with E-state index in [0.717, 1.165) is 28.0 Å². The first-order chi connectivity index (χ1) is 16.7. The number of likely N-dealkylation sites (tertiary alicyclic amines) is 1. The maximum atomic E-state index is 12.6. The molecule has 2 heterocycles. The van der Waals surface area contributed by atoms with Gasteiger partial charge in [0, 0.05) is 18.5 Å². The monoisotopic (exact) mass is 451 g/mol. The van der Waals surface area contributed by atoms with E-state index in [4.69, 9.17) is 9.26 Å². The summed E-state index contributed by atoms with van der Waals surface area (Å²) in [5.41, 5.74) is 4.04. The van der Waals surface area contributed by atoms with E-state index in [9.17, 15) is 4.79 Å². The molecule has 6 heteroatoms. The fraction of sp³-hybridized carbons (Fsp3) is 0.179. The lowest BCUT2D eigenvalue weighted by atomic mass is 10.1. The fourth-order valence-corrected chi connectivity index (χ4v) is 4.07. The van der Waals surface area contributed by atoms with Crippen LogP contribution in [0.3, 0.4) is 0 Å². The number of hydrogen-bond donors (Lipinski definition) is 0. The van der Waals surface area contributed by atoms with Crippen molar-refractivity contribution in [2.75, 3.05) is 0 Å². The SMILES string of the molecule is C=Cc1ccc(CN2C(=O)CCC2c2nc(-c3ccc(OCc4ccccc4)cc3)no2)cc1. The number of amides is 1. The van der Waals surface area contributed by atoms with Crippen LogP contribution >= 0.6 is 0 Å². The number of nitrogens with zero attached hydrogens (tertiary/aromatic N) is 3. The van der Waals surface area contributed by atoms with Gasteiger partial charge in [0.15, 0.2) is 0 Å². The molecule has 1 fully saturated rings. The lowest BCUT2D eigenvalue weighted by molar-refractivity contribution is -0.129. The Bertz CT molecular complexity index is 1260. The first-order valence-electron chi connectivity index (χ1n) is 11.3. The van der Waals surface area contributed by atoms with Crippen molar-refractivity contribution in [1.82, 2.24) is 15.0 Å². The van der Waals surface area contributed by atoms with Crippen LogP contribution in [0.4, 0.5) is 0 Å². The topological polar surface area (TPSA) is 68.5 Å². The molecule has 1 aliphatic heterocycles. The molecular formula is C28H25N3O3. The van der Waals surface area contributed by atoms with E-state index < -0.39 is 0 Å². The zero-order chi connectivity index (χ0) is 23.3. The molecule has 1 unspecified atom stereocenters. The van der Waals surface area contributed by atoms with E-state index in [2.05, 4.69) is 16.7 Å². The highest BCUT2D eigenvalue weighted by molar-refractivity contribution is 5.79. The van der Waals surface area contributed by atoms with Crippen LogP contribution in [0.2, 0.25) is 0 Å². The normalized spacial score (nSPS) is 15.5. The zero-order valence-electron chi connectivity index (χ0n) is 18.8. The Morgan fingerprint density at radius 3 is 2.50 bits per heavy atom. The zero-order valence-corrected chi connectivity index (χ0v) is 18.8. The molecule has 170 valence electrons. The molecule has 0 N–H and O–H groups in total. The van der Waals surface area contributed by atoms with Crippen LogP contribution in [0.1, 0.15) is 41.5 Å². The van der Waals surface area contributed by atoms with Gasteiger partial charge in [0.2, 0.25) is 17.6 Å². The largest absolute Gasteiger partial charge is 0.489 e. The second-order valence-electron chi connectivity index (χ2n) is 8.28. The standard InChI is InChI=1S/C28H25N3O3/c1-2-20-8-10-21(11-9-20)18-31-25(16-17-26(31)32)28-29-27(30-34-28)23-12-14-24(15-13-23)33-19-22-6-4-3-5-7-22/h2-15,25H,1,16-19H2. The first-order valence-corrected chi connectivity index (χ1v) is 11.3. The molecule has 0 saturated carbocycles. The summed E-state index contributed by atoms with van der Waals surface area (Å²) in [7, 11) is 0. The van der Waals surface area contributed by atoms with Gasteiger partial charge >= 0.3 is 0 Å². The number of hydrogen-bond acceptors (Lipinski definition) is 5. The summed E-state index contributed by atoms with van der Waals surface area (Å²) in [6.45, 7) is 4.80. The van der Waals surface area contributed by atoms with Gasteiger partial charge in [0.25, 0.3) is 0 Å². The van der Waals surface area contributed by atoms with E-state index in [0.29, 0.717) is 37.7 Å². The first kappa shape index (κ1) is 21.6. The van der Waals surface area contributed by atoms with Crippen molar-refractivity contribution in [3.05, 3.63) is 108 Å². The number of aromatic nitrogens is 2. The van der Waals surface area contributed by atoms with Gasteiger partial charge in [-0.1, -0.05) is 72.4 Å². The smallest absolute Gasteiger partial charge is 0.249 e. The Morgan fingerprint density at radius 1 is 1.00 bits per heavy atom. The summed E-state index contributed by atoms with van der Waals surface area (Å²) < 4.78 is 11.4. The number of rotatable bonds is 8. The molecule has 6 nitrogen and oxygen atoms in total. The minimum absolute atomic E-state index is 0.0949. The average Bonchev–Trinajstić information content (AvgIpc) is 3.51. The van der Waals surface area contributed by atoms with Crippen LogP contribution in [0.25, 0.3) is 17.5 Å². The Hall–Kier alpha value is -4.19. The molecule has 34 heavy (non-hydrogen) atoms. The van der Waals surface area contributed by atoms with Gasteiger partial charge < -0.3 is 14.2 Å². The summed E-state index contributed by atoms with van der Waals surface area (Å²) in [6, 6.07) is 25.4. The molecule has 1 saturated heterocycles. The fourth-order valence-electron chi connectivity index (χ4n) is 4.07. The lowest BCUT2D eigenvalue weighted by Gasteiger charge is -2.22. The Morgan fingerprint density at radius 2 is 1.76 bits per heavy atom. The Balaban J connectivity index is 1.26. The highest BCUT2D eigenvalue weighted by Crippen LogP contribution is 2.34. The van der Waals surface area contributed by atoms with Crippen molar-refractivity contribution in [3.8, 4) is 17.1 Å². The minimum atomic E-state index is -0.221. The third-order valence-electron chi connectivity index (χ3n) is 5.98. The lowest BCUT2D eigenvalue weighted by Crippen LogP contribution is -2.27. The quantitative estimate of drug-likeness (QED) is 0.338. The third kappa shape index (κ3) is 4.76. The molecule has 4 aromatic rings. The summed E-state index contributed by atoms with van der Waals surface area (Å²) >= 11 is 0. The van der Waals surface area contributed by atoms with E-state index >= 15 is 0 Å². The van der Waals surface area contributed by atoms with Crippen LogP contribution in [0.15, 0.2) is 90.0 Å². The highest BCUT2D eigenvalue weighted by Gasteiger charge is 2.36. The maximum absolute atomic E-state index is 12.6. The van der Waals surface area contributed by atoms with Gasteiger partial charge in [-0.25, -0.2) is 0 Å². The van der Waals surface area contributed by atoms with Gasteiger partial charge in [-0.2, -0.15) is 4.98 Å². The number of ether oxygens (including phenoxy) is 1. The van der Waals surface area contributed by atoms with Crippen LogP contribution in [0.5, 0.6) is 5.75 Å². The summed E-state index contributed by atoms with van der Waals surface area (Å²) in [4.78, 5) is 19.0. The second-order valence-corrected chi connectivity index (χ2v) is 8.28. The van der Waals surface area contributed by atoms with Crippen LogP contribution in [0, 0.1) is 0 Å². The molecule has 3 aromatic carbocycles. The van der Waals surface area contributed by atoms with E-state index in [-0.39, 0.29) is 11.9 Å². The van der Waals surface area contributed by atoms with Gasteiger partial charge in [0.05, 0.1) is 0 Å². The predicted octanol–water partition coefficient (Wildman–Crippen LogP) is 5.82. The average molecular weight is 452 g/mol. The molecule has 1 atom stereocenters. The van der Waals surface area contributed by atoms with E-state index in [1.807, 2.05) is 83.8 Å². The molecular weight excluding hydrogens is 426 g/mol. The van der Waals surface area contributed by atoms with E-state index in [1.54, 1.807) is 6.08 Å². The molecule has 0 aliphatic carbocycles. The molecule has 0 radical (unpaired) electrons. The molecule has 1 amide bonds.